The molecular formula is C16H22. The third kappa shape index (κ3) is 1.81. The van der Waals surface area contributed by atoms with Crippen LogP contribution in [0.2, 0.25) is 0 Å². The Morgan fingerprint density at radius 3 is 2.06 bits per heavy atom. The van der Waals surface area contributed by atoms with Crippen molar-refractivity contribution in [3.05, 3.63) is 40.0 Å². The van der Waals surface area contributed by atoms with Gasteiger partial charge in [-0.15, -0.1) is 0 Å². The zero-order valence-corrected chi connectivity index (χ0v) is 11.1. The fourth-order valence-corrected chi connectivity index (χ4v) is 2.69. The Balaban J connectivity index is 2.60. The largest absolute Gasteiger partial charge is 0.0683 e. The van der Waals surface area contributed by atoms with Crippen molar-refractivity contribution in [2.45, 2.75) is 52.9 Å². The molecule has 1 aromatic carbocycles. The Labute approximate surface area is 99.4 Å². The summed E-state index contributed by atoms with van der Waals surface area (Å²) >= 11 is 0. The molecule has 0 heteroatoms. The minimum Gasteiger partial charge on any atom is -0.0683 e. The smallest absolute Gasteiger partial charge is 0.00577 e. The van der Waals surface area contributed by atoms with Crippen molar-refractivity contribution in [2.24, 2.45) is 0 Å². The normalized spacial score (nSPS) is 14.6. The maximum absolute atomic E-state index is 2.39. The molecule has 86 valence electrons. The monoisotopic (exact) mass is 214 g/mol. The lowest BCUT2D eigenvalue weighted by atomic mass is 9.88. The van der Waals surface area contributed by atoms with Crippen LogP contribution in [0.25, 0.3) is 6.08 Å². The van der Waals surface area contributed by atoms with E-state index in [4.69, 9.17) is 0 Å². The summed E-state index contributed by atoms with van der Waals surface area (Å²) in [4.78, 5) is 0. The number of allylic oxidation sites excluding steroid dienone is 1. The van der Waals surface area contributed by atoms with Gasteiger partial charge in [-0.05, 0) is 47.4 Å². The van der Waals surface area contributed by atoms with Crippen LogP contribution in [0.15, 0.2) is 17.7 Å². The molecule has 0 aliphatic heterocycles. The van der Waals surface area contributed by atoms with E-state index in [1.165, 1.54) is 22.3 Å². The molecule has 1 aliphatic carbocycles. The lowest BCUT2D eigenvalue weighted by Gasteiger charge is -2.17. The summed E-state index contributed by atoms with van der Waals surface area (Å²) in [5.41, 5.74) is 7.64. The molecule has 0 bridgehead atoms. The highest BCUT2D eigenvalue weighted by molar-refractivity contribution is 5.69. The molecule has 0 radical (unpaired) electrons. The molecule has 0 aromatic heterocycles. The van der Waals surface area contributed by atoms with Crippen LogP contribution in [-0.2, 0) is 6.42 Å². The number of rotatable bonds is 2. The minimum absolute atomic E-state index is 0.622. The third-order valence-electron chi connectivity index (χ3n) is 3.52. The standard InChI is InChI=1S/C16H22/c1-10(2)13-6-7-14(11(3)4)16-9-12(5)8-15(13)16/h6-8,10-11H,9H2,1-5H3. The zero-order valence-electron chi connectivity index (χ0n) is 11.1. The summed E-state index contributed by atoms with van der Waals surface area (Å²) in [5, 5.41) is 0. The molecule has 1 aliphatic rings. The van der Waals surface area contributed by atoms with Gasteiger partial charge in [0.1, 0.15) is 0 Å². The summed E-state index contributed by atoms with van der Waals surface area (Å²) in [6, 6.07) is 4.67. The molecule has 16 heavy (non-hydrogen) atoms. The van der Waals surface area contributed by atoms with Crippen molar-refractivity contribution < 1.29 is 0 Å². The number of benzene rings is 1. The fraction of sp³-hybridized carbons (Fsp3) is 0.500. The van der Waals surface area contributed by atoms with Gasteiger partial charge in [0.2, 0.25) is 0 Å². The Hall–Kier alpha value is -1.04. The number of fused-ring (bicyclic) bond motifs is 1. The minimum atomic E-state index is 0.622. The average molecular weight is 214 g/mol. The predicted octanol–water partition coefficient (Wildman–Crippen LogP) is 4.89. The van der Waals surface area contributed by atoms with Gasteiger partial charge in [-0.2, -0.15) is 0 Å². The molecule has 0 nitrogen and oxygen atoms in total. The third-order valence-corrected chi connectivity index (χ3v) is 3.52. The molecule has 0 N–H and O–H groups in total. The molecule has 0 saturated heterocycles. The highest BCUT2D eigenvalue weighted by Crippen LogP contribution is 2.36. The second-order valence-electron chi connectivity index (χ2n) is 5.61. The molecule has 0 atom stereocenters. The van der Waals surface area contributed by atoms with Gasteiger partial charge >= 0.3 is 0 Å². The fourth-order valence-electron chi connectivity index (χ4n) is 2.69. The lowest BCUT2D eigenvalue weighted by Crippen LogP contribution is -2.01. The SMILES string of the molecule is CC1=Cc2c(C(C)C)ccc(C(C)C)c2C1. The Bertz CT molecular complexity index is 434. The average Bonchev–Trinajstić information content (AvgIpc) is 2.56. The van der Waals surface area contributed by atoms with E-state index in [9.17, 15) is 0 Å². The van der Waals surface area contributed by atoms with E-state index in [1.54, 1.807) is 5.56 Å². The Morgan fingerprint density at radius 2 is 1.50 bits per heavy atom. The van der Waals surface area contributed by atoms with Crippen LogP contribution in [0.5, 0.6) is 0 Å². The van der Waals surface area contributed by atoms with Crippen molar-refractivity contribution in [1.29, 1.82) is 0 Å². The number of hydrogen-bond donors (Lipinski definition) is 0. The van der Waals surface area contributed by atoms with Crippen molar-refractivity contribution >= 4 is 6.08 Å². The van der Waals surface area contributed by atoms with Crippen LogP contribution in [0.3, 0.4) is 0 Å². The first kappa shape index (κ1) is 11.4. The first-order valence-electron chi connectivity index (χ1n) is 6.33. The Kier molecular flexibility index (Phi) is 2.92. The lowest BCUT2D eigenvalue weighted by molar-refractivity contribution is 0.829. The van der Waals surface area contributed by atoms with Crippen molar-refractivity contribution in [3.63, 3.8) is 0 Å². The first-order chi connectivity index (χ1) is 7.50. The van der Waals surface area contributed by atoms with Gasteiger partial charge in [0.05, 0.1) is 0 Å². The van der Waals surface area contributed by atoms with E-state index in [0.29, 0.717) is 11.8 Å². The summed E-state index contributed by atoms with van der Waals surface area (Å²) in [6.07, 6.45) is 3.54. The van der Waals surface area contributed by atoms with E-state index in [2.05, 4.69) is 52.8 Å². The second-order valence-corrected chi connectivity index (χ2v) is 5.61. The topological polar surface area (TPSA) is 0 Å². The molecule has 0 heterocycles. The van der Waals surface area contributed by atoms with Gasteiger partial charge in [0.15, 0.2) is 0 Å². The van der Waals surface area contributed by atoms with Gasteiger partial charge in [0, 0.05) is 0 Å². The van der Waals surface area contributed by atoms with E-state index < -0.39 is 0 Å². The molecule has 0 amide bonds. The van der Waals surface area contributed by atoms with E-state index in [-0.39, 0.29) is 0 Å². The van der Waals surface area contributed by atoms with Crippen LogP contribution in [0.4, 0.5) is 0 Å². The Morgan fingerprint density at radius 1 is 0.938 bits per heavy atom. The van der Waals surface area contributed by atoms with Gasteiger partial charge in [-0.25, -0.2) is 0 Å². The van der Waals surface area contributed by atoms with Gasteiger partial charge in [-0.1, -0.05) is 51.5 Å². The molecule has 0 saturated carbocycles. The van der Waals surface area contributed by atoms with Crippen molar-refractivity contribution in [1.82, 2.24) is 0 Å². The quantitative estimate of drug-likeness (QED) is 0.657. The van der Waals surface area contributed by atoms with E-state index in [1.807, 2.05) is 0 Å². The highest BCUT2D eigenvalue weighted by atomic mass is 14.2. The molecule has 1 aromatic rings. The highest BCUT2D eigenvalue weighted by Gasteiger charge is 2.19. The van der Waals surface area contributed by atoms with Crippen LogP contribution < -0.4 is 0 Å². The summed E-state index contributed by atoms with van der Waals surface area (Å²) in [6.45, 7) is 11.4. The zero-order chi connectivity index (χ0) is 11.9. The van der Waals surface area contributed by atoms with Gasteiger partial charge in [-0.3, -0.25) is 0 Å². The summed E-state index contributed by atoms with van der Waals surface area (Å²) in [5.74, 6) is 1.26. The van der Waals surface area contributed by atoms with E-state index >= 15 is 0 Å². The van der Waals surface area contributed by atoms with Crippen LogP contribution >= 0.6 is 0 Å². The van der Waals surface area contributed by atoms with Crippen LogP contribution in [0, 0.1) is 0 Å². The maximum Gasteiger partial charge on any atom is -0.00577 e. The van der Waals surface area contributed by atoms with Crippen molar-refractivity contribution in [3.8, 4) is 0 Å². The molecule has 0 spiro atoms. The van der Waals surface area contributed by atoms with Crippen LogP contribution in [0.1, 0.15) is 68.7 Å². The molecule has 2 rings (SSSR count). The molecule has 0 fully saturated rings. The van der Waals surface area contributed by atoms with Crippen LogP contribution in [-0.4, -0.2) is 0 Å². The van der Waals surface area contributed by atoms with Gasteiger partial charge < -0.3 is 0 Å². The second kappa shape index (κ2) is 4.08. The van der Waals surface area contributed by atoms with E-state index in [0.717, 1.165) is 6.42 Å². The summed E-state index contributed by atoms with van der Waals surface area (Å²) in [7, 11) is 0. The predicted molar refractivity (Wildman–Crippen MR) is 72.0 cm³/mol. The number of hydrogen-bond acceptors (Lipinski definition) is 0. The summed E-state index contributed by atoms with van der Waals surface area (Å²) < 4.78 is 0. The van der Waals surface area contributed by atoms with Crippen molar-refractivity contribution in [2.75, 3.05) is 0 Å². The van der Waals surface area contributed by atoms with Gasteiger partial charge in [0.25, 0.3) is 0 Å². The molecular weight excluding hydrogens is 192 g/mol. The maximum atomic E-state index is 2.39. The molecule has 0 unspecified atom stereocenters. The first-order valence-corrected chi connectivity index (χ1v) is 6.33.